The highest BCUT2D eigenvalue weighted by Crippen LogP contribution is 2.23. The van der Waals surface area contributed by atoms with Crippen molar-refractivity contribution in [3.8, 4) is 0 Å². The topological polar surface area (TPSA) is 49.3 Å². The van der Waals surface area contributed by atoms with E-state index >= 15 is 0 Å². The molecule has 0 heterocycles. The van der Waals surface area contributed by atoms with Crippen molar-refractivity contribution in [2.75, 3.05) is 5.32 Å². The standard InChI is InChI=1S/C13H18FNO2/c1-4-11(8(2)3)15-12-9(13(16)17)6-5-7-10(12)14/h5-8,11,15H,4H2,1-3H3,(H,16,17). The number of anilines is 1. The molecule has 0 aliphatic heterocycles. The van der Waals surface area contributed by atoms with Gasteiger partial charge in [0.05, 0.1) is 11.3 Å². The molecule has 94 valence electrons. The second-order valence-corrected chi connectivity index (χ2v) is 4.37. The molecule has 1 unspecified atom stereocenters. The Morgan fingerprint density at radius 1 is 1.47 bits per heavy atom. The highest BCUT2D eigenvalue weighted by molar-refractivity contribution is 5.94. The molecule has 0 saturated heterocycles. The zero-order valence-electron chi connectivity index (χ0n) is 10.3. The van der Waals surface area contributed by atoms with E-state index in [1.807, 2.05) is 20.8 Å². The minimum absolute atomic E-state index is 0.0240. The summed E-state index contributed by atoms with van der Waals surface area (Å²) in [5.74, 6) is -1.34. The normalized spacial score (nSPS) is 12.5. The molecule has 1 aromatic rings. The van der Waals surface area contributed by atoms with Crippen LogP contribution in [-0.4, -0.2) is 17.1 Å². The summed E-state index contributed by atoms with van der Waals surface area (Å²) in [7, 11) is 0. The van der Waals surface area contributed by atoms with Gasteiger partial charge in [-0.05, 0) is 24.5 Å². The van der Waals surface area contributed by atoms with Gasteiger partial charge in [0.15, 0.2) is 0 Å². The number of rotatable bonds is 5. The summed E-state index contributed by atoms with van der Waals surface area (Å²) < 4.78 is 13.6. The molecule has 4 heteroatoms. The third-order valence-corrected chi connectivity index (χ3v) is 2.82. The van der Waals surface area contributed by atoms with E-state index in [2.05, 4.69) is 5.32 Å². The molecule has 0 aromatic heterocycles. The number of halogens is 1. The Kier molecular flexibility index (Phi) is 4.49. The Balaban J connectivity index is 3.07. The lowest BCUT2D eigenvalue weighted by Crippen LogP contribution is -2.26. The molecule has 1 aromatic carbocycles. The summed E-state index contributed by atoms with van der Waals surface area (Å²) in [5, 5.41) is 12.0. The monoisotopic (exact) mass is 239 g/mol. The number of hydrogen-bond donors (Lipinski definition) is 2. The van der Waals surface area contributed by atoms with Gasteiger partial charge in [-0.15, -0.1) is 0 Å². The van der Waals surface area contributed by atoms with Crippen LogP contribution < -0.4 is 5.32 Å². The minimum atomic E-state index is -1.12. The Hall–Kier alpha value is -1.58. The van der Waals surface area contributed by atoms with Crippen molar-refractivity contribution in [3.63, 3.8) is 0 Å². The lowest BCUT2D eigenvalue weighted by molar-refractivity contribution is 0.0697. The maximum Gasteiger partial charge on any atom is 0.337 e. The maximum atomic E-state index is 13.6. The zero-order chi connectivity index (χ0) is 13.0. The zero-order valence-corrected chi connectivity index (χ0v) is 10.3. The van der Waals surface area contributed by atoms with Crippen LogP contribution in [0.15, 0.2) is 18.2 Å². The lowest BCUT2D eigenvalue weighted by atomic mass is 10.0. The summed E-state index contributed by atoms with van der Waals surface area (Å²) >= 11 is 0. The van der Waals surface area contributed by atoms with Gasteiger partial charge in [0.25, 0.3) is 0 Å². The number of nitrogens with one attached hydrogen (secondary N) is 1. The van der Waals surface area contributed by atoms with E-state index in [-0.39, 0.29) is 17.3 Å². The van der Waals surface area contributed by atoms with Gasteiger partial charge < -0.3 is 10.4 Å². The summed E-state index contributed by atoms with van der Waals surface area (Å²) in [5.41, 5.74) is 0.0599. The summed E-state index contributed by atoms with van der Waals surface area (Å²) in [6.45, 7) is 6.02. The molecule has 0 radical (unpaired) electrons. The van der Waals surface area contributed by atoms with E-state index < -0.39 is 11.8 Å². The van der Waals surface area contributed by atoms with Crippen LogP contribution in [0.1, 0.15) is 37.6 Å². The molecule has 3 nitrogen and oxygen atoms in total. The van der Waals surface area contributed by atoms with E-state index in [9.17, 15) is 9.18 Å². The number of benzene rings is 1. The SMILES string of the molecule is CCC(Nc1c(F)cccc1C(=O)O)C(C)C. The van der Waals surface area contributed by atoms with Gasteiger partial charge in [-0.2, -0.15) is 0 Å². The first-order valence-corrected chi connectivity index (χ1v) is 5.75. The highest BCUT2D eigenvalue weighted by Gasteiger charge is 2.18. The number of carboxylic acids is 1. The van der Waals surface area contributed by atoms with Gasteiger partial charge in [0.1, 0.15) is 5.82 Å². The maximum absolute atomic E-state index is 13.6. The number of carbonyl (C=O) groups is 1. The van der Waals surface area contributed by atoms with Crippen molar-refractivity contribution in [2.24, 2.45) is 5.92 Å². The Labute approximate surface area is 101 Å². The molecule has 0 bridgehead atoms. The van der Waals surface area contributed by atoms with Crippen molar-refractivity contribution in [2.45, 2.75) is 33.2 Å². The quantitative estimate of drug-likeness (QED) is 0.828. The molecule has 0 fully saturated rings. The van der Waals surface area contributed by atoms with Crippen LogP contribution in [-0.2, 0) is 0 Å². The van der Waals surface area contributed by atoms with Crippen molar-refractivity contribution in [1.29, 1.82) is 0 Å². The van der Waals surface area contributed by atoms with Crippen molar-refractivity contribution >= 4 is 11.7 Å². The number of hydrogen-bond acceptors (Lipinski definition) is 2. The molecular weight excluding hydrogens is 221 g/mol. The fourth-order valence-electron chi connectivity index (χ4n) is 1.77. The average molecular weight is 239 g/mol. The molecular formula is C13H18FNO2. The number of para-hydroxylation sites is 1. The van der Waals surface area contributed by atoms with Crippen LogP contribution in [0.2, 0.25) is 0 Å². The second kappa shape index (κ2) is 5.66. The molecule has 0 saturated carbocycles. The van der Waals surface area contributed by atoms with Crippen molar-refractivity contribution in [1.82, 2.24) is 0 Å². The van der Waals surface area contributed by atoms with Gasteiger partial charge in [0, 0.05) is 6.04 Å². The molecule has 1 rings (SSSR count). The van der Waals surface area contributed by atoms with Gasteiger partial charge >= 0.3 is 5.97 Å². The van der Waals surface area contributed by atoms with Crippen LogP contribution in [0.4, 0.5) is 10.1 Å². The highest BCUT2D eigenvalue weighted by atomic mass is 19.1. The van der Waals surface area contributed by atoms with Crippen LogP contribution in [0.5, 0.6) is 0 Å². The van der Waals surface area contributed by atoms with Crippen LogP contribution in [0, 0.1) is 11.7 Å². The minimum Gasteiger partial charge on any atom is -0.478 e. The van der Waals surface area contributed by atoms with Crippen LogP contribution in [0.3, 0.4) is 0 Å². The van der Waals surface area contributed by atoms with E-state index in [0.29, 0.717) is 5.92 Å². The fraction of sp³-hybridized carbons (Fsp3) is 0.462. The van der Waals surface area contributed by atoms with Crippen LogP contribution in [0.25, 0.3) is 0 Å². The molecule has 1 atom stereocenters. The summed E-state index contributed by atoms with van der Waals surface area (Å²) in [6.07, 6.45) is 0.811. The third-order valence-electron chi connectivity index (χ3n) is 2.82. The van der Waals surface area contributed by atoms with Gasteiger partial charge in [-0.3, -0.25) is 0 Å². The van der Waals surface area contributed by atoms with Crippen molar-refractivity contribution < 1.29 is 14.3 Å². The first kappa shape index (κ1) is 13.5. The van der Waals surface area contributed by atoms with E-state index in [0.717, 1.165) is 6.42 Å². The first-order chi connectivity index (χ1) is 7.97. The molecule has 0 spiro atoms. The molecule has 0 aliphatic rings. The van der Waals surface area contributed by atoms with Gasteiger partial charge in [0.2, 0.25) is 0 Å². The van der Waals surface area contributed by atoms with Crippen molar-refractivity contribution in [3.05, 3.63) is 29.6 Å². The summed E-state index contributed by atoms with van der Waals surface area (Å²) in [4.78, 5) is 11.0. The average Bonchev–Trinajstić information content (AvgIpc) is 2.26. The fourth-order valence-corrected chi connectivity index (χ4v) is 1.77. The Morgan fingerprint density at radius 2 is 2.12 bits per heavy atom. The largest absolute Gasteiger partial charge is 0.478 e. The Bertz CT molecular complexity index is 404. The van der Waals surface area contributed by atoms with E-state index in [1.165, 1.54) is 18.2 Å². The first-order valence-electron chi connectivity index (χ1n) is 5.75. The lowest BCUT2D eigenvalue weighted by Gasteiger charge is -2.23. The number of aromatic carboxylic acids is 1. The molecule has 0 aliphatic carbocycles. The molecule has 0 amide bonds. The van der Waals surface area contributed by atoms with Gasteiger partial charge in [-0.1, -0.05) is 26.8 Å². The van der Waals surface area contributed by atoms with E-state index in [4.69, 9.17) is 5.11 Å². The Morgan fingerprint density at radius 3 is 2.59 bits per heavy atom. The molecule has 2 N–H and O–H groups in total. The second-order valence-electron chi connectivity index (χ2n) is 4.37. The smallest absolute Gasteiger partial charge is 0.337 e. The molecule has 17 heavy (non-hydrogen) atoms. The third kappa shape index (κ3) is 3.19. The van der Waals surface area contributed by atoms with Gasteiger partial charge in [-0.25, -0.2) is 9.18 Å². The summed E-state index contributed by atoms with van der Waals surface area (Å²) in [6, 6.07) is 4.13. The van der Waals surface area contributed by atoms with Crippen LogP contribution >= 0.6 is 0 Å². The predicted octanol–water partition coefficient (Wildman–Crippen LogP) is 3.37. The van der Waals surface area contributed by atoms with E-state index in [1.54, 1.807) is 0 Å². The number of carboxylic acid groups (broad SMARTS) is 1. The predicted molar refractivity (Wildman–Crippen MR) is 65.9 cm³/mol.